The molecule has 22 heavy (non-hydrogen) atoms. The molecule has 0 radical (unpaired) electrons. The van der Waals surface area contributed by atoms with E-state index in [9.17, 15) is 14.1 Å². The molecule has 6 heteroatoms. The molecular weight excluding hydrogens is 325 g/mol. The van der Waals surface area contributed by atoms with Crippen LogP contribution in [0.4, 0.5) is 0 Å². The maximum atomic E-state index is 12.5. The molecule has 2 aromatic heterocycles. The number of aromatic nitrogens is 1. The van der Waals surface area contributed by atoms with Gasteiger partial charge in [-0.15, -0.1) is 0 Å². The molecule has 106 valence electrons. The van der Waals surface area contributed by atoms with Crippen molar-refractivity contribution >= 4 is 22.3 Å². The minimum absolute atomic E-state index is 0. The third-order valence-electron chi connectivity index (χ3n) is 3.30. The van der Waals surface area contributed by atoms with Gasteiger partial charge in [0, 0.05) is 16.6 Å². The van der Waals surface area contributed by atoms with Crippen molar-refractivity contribution in [1.82, 2.24) is 4.40 Å². The molecule has 1 aromatic carbocycles. The Hall–Kier alpha value is -0.764. The number of carbonyl (C=O) groups is 1. The van der Waals surface area contributed by atoms with E-state index in [1.54, 1.807) is 43.5 Å². The summed E-state index contributed by atoms with van der Waals surface area (Å²) in [7, 11) is -1.35. The second-order valence-corrected chi connectivity index (χ2v) is 6.19. The SMILES string of the molecule is Cc1cc2ccc(S(=O)c3ccccc3)cn2c1C(=O)[O-].[K+]. The molecule has 0 aliphatic rings. The fraction of sp³-hybridized carbons (Fsp3) is 0.0625. The molecule has 2 heterocycles. The monoisotopic (exact) mass is 337 g/mol. The van der Waals surface area contributed by atoms with Crippen molar-refractivity contribution in [1.29, 1.82) is 0 Å². The van der Waals surface area contributed by atoms with Gasteiger partial charge in [0.2, 0.25) is 0 Å². The molecule has 1 atom stereocenters. The number of aryl methyl sites for hydroxylation is 1. The van der Waals surface area contributed by atoms with Gasteiger partial charge in [0.1, 0.15) is 0 Å². The summed E-state index contributed by atoms with van der Waals surface area (Å²) >= 11 is 0. The van der Waals surface area contributed by atoms with Crippen LogP contribution in [0.3, 0.4) is 0 Å². The van der Waals surface area contributed by atoms with Crippen LogP contribution in [0.2, 0.25) is 0 Å². The Morgan fingerprint density at radius 3 is 2.41 bits per heavy atom. The first-order chi connectivity index (χ1) is 10.1. The largest absolute Gasteiger partial charge is 1.00 e. The zero-order valence-electron chi connectivity index (χ0n) is 12.3. The van der Waals surface area contributed by atoms with Crippen LogP contribution in [0.25, 0.3) is 5.52 Å². The van der Waals surface area contributed by atoms with Gasteiger partial charge in [-0.1, -0.05) is 18.2 Å². The molecule has 0 bridgehead atoms. The zero-order chi connectivity index (χ0) is 15.0. The standard InChI is InChI=1S/C16H13NO3S.K/c1-11-9-12-7-8-14(10-17(12)15(11)16(18)19)21(20)13-5-3-2-4-6-13;/h2-10H,1H3,(H,18,19);/q;+1/p-1. The summed E-state index contributed by atoms with van der Waals surface area (Å²) < 4.78 is 14.0. The summed E-state index contributed by atoms with van der Waals surface area (Å²) in [6.07, 6.45) is 1.59. The van der Waals surface area contributed by atoms with Gasteiger partial charge in [-0.3, -0.25) is 0 Å². The van der Waals surface area contributed by atoms with Crippen LogP contribution in [0.5, 0.6) is 0 Å². The normalized spacial score (nSPS) is 11.9. The smallest absolute Gasteiger partial charge is 0.543 e. The van der Waals surface area contributed by atoms with E-state index < -0.39 is 16.8 Å². The average molecular weight is 337 g/mol. The molecular formula is C16H12KNO3S. The van der Waals surface area contributed by atoms with Crippen LogP contribution in [0.15, 0.2) is 64.5 Å². The maximum absolute atomic E-state index is 12.5. The summed E-state index contributed by atoms with van der Waals surface area (Å²) in [6.45, 7) is 1.71. The van der Waals surface area contributed by atoms with Gasteiger partial charge in [-0.2, -0.15) is 0 Å². The average Bonchev–Trinajstić information content (AvgIpc) is 2.82. The number of pyridine rings is 1. The summed E-state index contributed by atoms with van der Waals surface area (Å²) in [4.78, 5) is 12.5. The number of carboxylic acids is 1. The maximum Gasteiger partial charge on any atom is 1.00 e. The third kappa shape index (κ3) is 3.27. The van der Waals surface area contributed by atoms with E-state index in [0.717, 1.165) is 5.52 Å². The molecule has 3 aromatic rings. The van der Waals surface area contributed by atoms with Crippen molar-refractivity contribution in [3.63, 3.8) is 0 Å². The van der Waals surface area contributed by atoms with Crippen molar-refractivity contribution in [2.24, 2.45) is 0 Å². The van der Waals surface area contributed by atoms with E-state index in [2.05, 4.69) is 0 Å². The van der Waals surface area contributed by atoms with E-state index in [1.165, 1.54) is 4.40 Å². The first-order valence-electron chi connectivity index (χ1n) is 6.38. The molecule has 0 aliphatic carbocycles. The summed E-state index contributed by atoms with van der Waals surface area (Å²) in [5.41, 5.74) is 1.45. The number of carbonyl (C=O) groups excluding carboxylic acids is 1. The molecule has 0 fully saturated rings. The van der Waals surface area contributed by atoms with Gasteiger partial charge in [0.15, 0.2) is 0 Å². The van der Waals surface area contributed by atoms with Gasteiger partial charge in [-0.05, 0) is 42.8 Å². The molecule has 0 aliphatic heterocycles. The van der Waals surface area contributed by atoms with Crippen LogP contribution in [-0.2, 0) is 10.8 Å². The number of carboxylic acid groups (broad SMARTS) is 1. The molecule has 0 spiro atoms. The Kier molecular flexibility index (Phi) is 5.76. The third-order valence-corrected chi connectivity index (χ3v) is 4.67. The number of hydrogen-bond donors (Lipinski definition) is 0. The number of benzene rings is 1. The van der Waals surface area contributed by atoms with Crippen molar-refractivity contribution in [2.45, 2.75) is 16.7 Å². The molecule has 0 amide bonds. The first kappa shape index (κ1) is 17.6. The van der Waals surface area contributed by atoms with E-state index in [1.807, 2.05) is 18.2 Å². The van der Waals surface area contributed by atoms with Crippen molar-refractivity contribution in [2.75, 3.05) is 0 Å². The number of aromatic carboxylic acids is 1. The molecule has 0 saturated heterocycles. The zero-order valence-corrected chi connectivity index (χ0v) is 16.2. The second-order valence-electron chi connectivity index (χ2n) is 4.70. The van der Waals surface area contributed by atoms with Crippen LogP contribution >= 0.6 is 0 Å². The first-order valence-corrected chi connectivity index (χ1v) is 7.53. The van der Waals surface area contributed by atoms with Crippen molar-refractivity contribution in [3.8, 4) is 0 Å². The fourth-order valence-corrected chi connectivity index (χ4v) is 3.40. The van der Waals surface area contributed by atoms with Crippen molar-refractivity contribution in [3.05, 3.63) is 66.0 Å². The summed E-state index contributed by atoms with van der Waals surface area (Å²) in [6, 6.07) is 14.3. The molecule has 1 unspecified atom stereocenters. The Morgan fingerprint density at radius 1 is 1.09 bits per heavy atom. The Balaban J connectivity index is 0.00000176. The van der Waals surface area contributed by atoms with Gasteiger partial charge < -0.3 is 14.3 Å². The van der Waals surface area contributed by atoms with E-state index in [0.29, 0.717) is 15.4 Å². The fourth-order valence-electron chi connectivity index (χ4n) is 2.33. The van der Waals surface area contributed by atoms with Gasteiger partial charge in [-0.25, -0.2) is 4.21 Å². The Labute approximate surface area is 173 Å². The molecule has 4 nitrogen and oxygen atoms in total. The quantitative estimate of drug-likeness (QED) is 0.563. The predicted molar refractivity (Wildman–Crippen MR) is 77.6 cm³/mol. The van der Waals surface area contributed by atoms with Gasteiger partial charge >= 0.3 is 51.4 Å². The topological polar surface area (TPSA) is 61.6 Å². The van der Waals surface area contributed by atoms with Gasteiger partial charge in [0.25, 0.3) is 0 Å². The number of fused-ring (bicyclic) bond motifs is 1. The Morgan fingerprint density at radius 2 is 1.77 bits per heavy atom. The van der Waals surface area contributed by atoms with Crippen LogP contribution < -0.4 is 56.5 Å². The van der Waals surface area contributed by atoms with Crippen molar-refractivity contribution < 1.29 is 65.5 Å². The second kappa shape index (κ2) is 7.21. The minimum atomic E-state index is -1.35. The molecule has 0 saturated carbocycles. The van der Waals surface area contributed by atoms with Crippen LogP contribution in [0, 0.1) is 6.92 Å². The summed E-state index contributed by atoms with van der Waals surface area (Å²) in [5, 5.41) is 11.2. The van der Waals surface area contributed by atoms with Gasteiger partial charge in [0.05, 0.1) is 27.4 Å². The molecule has 0 N–H and O–H groups in total. The number of rotatable bonds is 3. The summed E-state index contributed by atoms with van der Waals surface area (Å²) in [5.74, 6) is -1.24. The predicted octanol–water partition coefficient (Wildman–Crippen LogP) is -1.22. The number of nitrogens with zero attached hydrogens (tertiary/aromatic N) is 1. The number of hydrogen-bond acceptors (Lipinski definition) is 3. The van der Waals surface area contributed by atoms with Crippen LogP contribution in [0.1, 0.15) is 16.1 Å². The minimum Gasteiger partial charge on any atom is -0.543 e. The Bertz CT molecular complexity index is 858. The van der Waals surface area contributed by atoms with E-state index in [-0.39, 0.29) is 57.1 Å². The van der Waals surface area contributed by atoms with Crippen LogP contribution in [-0.4, -0.2) is 14.6 Å². The van der Waals surface area contributed by atoms with E-state index >= 15 is 0 Å². The molecule has 3 rings (SSSR count). The van der Waals surface area contributed by atoms with E-state index in [4.69, 9.17) is 0 Å².